The molecule has 0 aromatic rings. The molecule has 0 saturated carbocycles. The van der Waals surface area contributed by atoms with Crippen LogP contribution in [0.25, 0.3) is 0 Å². The molecule has 11 heavy (non-hydrogen) atoms. The van der Waals surface area contributed by atoms with Crippen molar-refractivity contribution in [1.29, 1.82) is 0 Å². The van der Waals surface area contributed by atoms with Crippen molar-refractivity contribution in [1.82, 2.24) is 5.32 Å². The normalized spacial score (nSPS) is 42.0. The maximum atomic E-state index is 3.62. The number of hydrogen-bond acceptors (Lipinski definition) is 1. The Morgan fingerprint density at radius 3 is 2.82 bits per heavy atom. The van der Waals surface area contributed by atoms with Crippen molar-refractivity contribution in [2.45, 2.75) is 18.9 Å². The lowest BCUT2D eigenvalue weighted by molar-refractivity contribution is -0.879. The van der Waals surface area contributed by atoms with Crippen molar-refractivity contribution in [2.75, 3.05) is 33.7 Å². The predicted octanol–water partition coefficient (Wildman–Crippen LogP) is 0.445. The van der Waals surface area contributed by atoms with Gasteiger partial charge in [-0.05, 0) is 19.4 Å². The molecule has 2 unspecified atom stereocenters. The Hall–Kier alpha value is -0.0800. The van der Waals surface area contributed by atoms with Gasteiger partial charge in [-0.3, -0.25) is 0 Å². The molecule has 1 N–H and O–H groups in total. The van der Waals surface area contributed by atoms with Crippen LogP contribution >= 0.6 is 0 Å². The third-order valence-corrected chi connectivity index (χ3v) is 3.15. The summed E-state index contributed by atoms with van der Waals surface area (Å²) in [5, 5.41) is 3.62. The summed E-state index contributed by atoms with van der Waals surface area (Å²) in [7, 11) is 4.69. The minimum Gasteiger partial charge on any atom is -0.327 e. The second kappa shape index (κ2) is 2.46. The van der Waals surface area contributed by atoms with Gasteiger partial charge in [-0.2, -0.15) is 0 Å². The van der Waals surface area contributed by atoms with E-state index in [1.165, 1.54) is 37.0 Å². The van der Waals surface area contributed by atoms with Crippen LogP contribution in [0.5, 0.6) is 0 Å². The zero-order valence-electron chi connectivity index (χ0n) is 7.64. The summed E-state index contributed by atoms with van der Waals surface area (Å²) in [5.74, 6) is 0.971. The Bertz CT molecular complexity index is 138. The maximum absolute atomic E-state index is 3.62. The fourth-order valence-electron chi connectivity index (χ4n) is 2.69. The SMILES string of the molecule is C[N+]1(C)CC2CCCNC2C1. The molecule has 2 aliphatic rings. The van der Waals surface area contributed by atoms with Gasteiger partial charge in [0.15, 0.2) is 0 Å². The van der Waals surface area contributed by atoms with Crippen molar-refractivity contribution < 1.29 is 4.48 Å². The number of piperidine rings is 1. The molecule has 2 aliphatic heterocycles. The molecular formula is C9H19N2+. The van der Waals surface area contributed by atoms with Crippen LogP contribution in [0.4, 0.5) is 0 Å². The molecule has 2 saturated heterocycles. The lowest BCUT2D eigenvalue weighted by Crippen LogP contribution is -2.42. The predicted molar refractivity (Wildman–Crippen MR) is 46.4 cm³/mol. The van der Waals surface area contributed by atoms with Gasteiger partial charge in [0, 0.05) is 5.92 Å². The first-order valence-corrected chi connectivity index (χ1v) is 4.73. The third kappa shape index (κ3) is 1.42. The highest BCUT2D eigenvalue weighted by Gasteiger charge is 2.40. The van der Waals surface area contributed by atoms with Crippen LogP contribution in [-0.4, -0.2) is 44.3 Å². The monoisotopic (exact) mass is 155 g/mol. The molecule has 2 heteroatoms. The van der Waals surface area contributed by atoms with Gasteiger partial charge in [-0.1, -0.05) is 0 Å². The van der Waals surface area contributed by atoms with Crippen molar-refractivity contribution >= 4 is 0 Å². The summed E-state index contributed by atoms with van der Waals surface area (Å²) in [5.41, 5.74) is 0. The fourth-order valence-corrected chi connectivity index (χ4v) is 2.69. The molecule has 2 rings (SSSR count). The molecule has 64 valence electrons. The first kappa shape index (κ1) is 7.56. The molecule has 2 nitrogen and oxygen atoms in total. The molecule has 0 bridgehead atoms. The number of quaternary nitrogens is 1. The highest BCUT2D eigenvalue weighted by atomic mass is 15.3. The van der Waals surface area contributed by atoms with Gasteiger partial charge < -0.3 is 9.80 Å². The van der Waals surface area contributed by atoms with E-state index in [0.717, 1.165) is 12.0 Å². The van der Waals surface area contributed by atoms with E-state index in [-0.39, 0.29) is 0 Å². The number of nitrogens with one attached hydrogen (secondary N) is 1. The molecule has 2 fully saturated rings. The molecular weight excluding hydrogens is 136 g/mol. The van der Waals surface area contributed by atoms with Crippen molar-refractivity contribution in [3.63, 3.8) is 0 Å². The average Bonchev–Trinajstić information content (AvgIpc) is 2.21. The van der Waals surface area contributed by atoms with Gasteiger partial charge in [0.2, 0.25) is 0 Å². The molecule has 0 aromatic carbocycles. The Morgan fingerprint density at radius 2 is 2.09 bits per heavy atom. The molecule has 0 aliphatic carbocycles. The maximum Gasteiger partial charge on any atom is 0.0943 e. The number of fused-ring (bicyclic) bond motifs is 1. The Balaban J connectivity index is 2.03. The zero-order valence-corrected chi connectivity index (χ0v) is 7.64. The van der Waals surface area contributed by atoms with Crippen molar-refractivity contribution in [3.05, 3.63) is 0 Å². The molecule has 0 radical (unpaired) electrons. The number of nitrogens with zero attached hydrogens (tertiary/aromatic N) is 1. The number of hydrogen-bond donors (Lipinski definition) is 1. The standard InChI is InChI=1S/C9H19N2/c1-11(2)6-8-4-3-5-10-9(8)7-11/h8-10H,3-7H2,1-2H3/q+1. The summed E-state index contributed by atoms with van der Waals surface area (Å²) >= 11 is 0. The molecule has 0 aromatic heterocycles. The van der Waals surface area contributed by atoms with Crippen LogP contribution in [0.1, 0.15) is 12.8 Å². The van der Waals surface area contributed by atoms with Gasteiger partial charge in [0.1, 0.15) is 0 Å². The minimum atomic E-state index is 0.832. The van der Waals surface area contributed by atoms with E-state index in [0.29, 0.717) is 0 Å². The first-order valence-electron chi connectivity index (χ1n) is 4.73. The molecule has 2 atom stereocenters. The Labute approximate surface area is 69.2 Å². The highest BCUT2D eigenvalue weighted by molar-refractivity contribution is 4.85. The van der Waals surface area contributed by atoms with Crippen LogP contribution in [0.15, 0.2) is 0 Å². The second-order valence-electron chi connectivity index (χ2n) is 4.76. The van der Waals surface area contributed by atoms with E-state index in [9.17, 15) is 0 Å². The number of likely N-dealkylation sites (N-methyl/N-ethyl adjacent to an activating group) is 1. The van der Waals surface area contributed by atoms with Gasteiger partial charge in [-0.25, -0.2) is 0 Å². The largest absolute Gasteiger partial charge is 0.327 e. The van der Waals surface area contributed by atoms with E-state index in [2.05, 4.69) is 19.4 Å². The van der Waals surface area contributed by atoms with Gasteiger partial charge in [0.05, 0.1) is 33.2 Å². The number of rotatable bonds is 0. The summed E-state index contributed by atoms with van der Waals surface area (Å²) in [6.07, 6.45) is 2.85. The van der Waals surface area contributed by atoms with Crippen LogP contribution in [0.3, 0.4) is 0 Å². The second-order valence-corrected chi connectivity index (χ2v) is 4.76. The van der Waals surface area contributed by atoms with Crippen LogP contribution in [-0.2, 0) is 0 Å². The summed E-state index contributed by atoms with van der Waals surface area (Å²) < 4.78 is 1.22. The van der Waals surface area contributed by atoms with Crippen LogP contribution in [0.2, 0.25) is 0 Å². The molecule has 0 amide bonds. The van der Waals surface area contributed by atoms with Gasteiger partial charge in [0.25, 0.3) is 0 Å². The smallest absolute Gasteiger partial charge is 0.0943 e. The van der Waals surface area contributed by atoms with Gasteiger partial charge in [-0.15, -0.1) is 0 Å². The van der Waals surface area contributed by atoms with E-state index >= 15 is 0 Å². The zero-order chi connectivity index (χ0) is 7.90. The van der Waals surface area contributed by atoms with Crippen molar-refractivity contribution in [2.24, 2.45) is 5.92 Å². The Morgan fingerprint density at radius 1 is 1.27 bits per heavy atom. The highest BCUT2D eigenvalue weighted by Crippen LogP contribution is 2.27. The van der Waals surface area contributed by atoms with Crippen LogP contribution < -0.4 is 5.32 Å². The van der Waals surface area contributed by atoms with Crippen LogP contribution in [0, 0.1) is 5.92 Å². The molecule has 2 heterocycles. The third-order valence-electron chi connectivity index (χ3n) is 3.15. The topological polar surface area (TPSA) is 12.0 Å². The summed E-state index contributed by atoms with van der Waals surface area (Å²) in [6.45, 7) is 3.98. The lowest BCUT2D eigenvalue weighted by atomic mass is 9.94. The molecule has 0 spiro atoms. The van der Waals surface area contributed by atoms with E-state index in [1.807, 2.05) is 0 Å². The van der Waals surface area contributed by atoms with E-state index in [4.69, 9.17) is 0 Å². The first-order chi connectivity index (χ1) is 5.17. The van der Waals surface area contributed by atoms with Crippen molar-refractivity contribution in [3.8, 4) is 0 Å². The Kier molecular flexibility index (Phi) is 1.69. The average molecular weight is 155 g/mol. The summed E-state index contributed by atoms with van der Waals surface area (Å²) in [6, 6.07) is 0.832. The lowest BCUT2D eigenvalue weighted by Gasteiger charge is -2.23. The van der Waals surface area contributed by atoms with Gasteiger partial charge >= 0.3 is 0 Å². The fraction of sp³-hybridized carbons (Fsp3) is 1.00. The minimum absolute atomic E-state index is 0.832. The summed E-state index contributed by atoms with van der Waals surface area (Å²) in [4.78, 5) is 0. The van der Waals surface area contributed by atoms with E-state index < -0.39 is 0 Å². The number of likely N-dealkylation sites (tertiary alicyclic amines) is 1. The quantitative estimate of drug-likeness (QED) is 0.501. The van der Waals surface area contributed by atoms with E-state index in [1.54, 1.807) is 0 Å².